The number of carbonyl (C=O) groups is 2. The zero-order chi connectivity index (χ0) is 22.1. The van der Waals surface area contributed by atoms with Crippen molar-refractivity contribution < 1.29 is 14.3 Å². The Bertz CT molecular complexity index is 1240. The molecule has 7 heteroatoms. The third kappa shape index (κ3) is 4.13. The summed E-state index contributed by atoms with van der Waals surface area (Å²) in [7, 11) is 0. The molecule has 0 amide bonds. The second-order valence-corrected chi connectivity index (χ2v) is 8.81. The number of benzene rings is 1. The highest BCUT2D eigenvalue weighted by atomic mass is 35.5. The number of rotatable bonds is 5. The number of carbonyl (C=O) groups excluding carboxylic acids is 2. The van der Waals surface area contributed by atoms with Gasteiger partial charge in [0.05, 0.1) is 5.57 Å². The highest BCUT2D eigenvalue weighted by molar-refractivity contribution is 7.17. The van der Waals surface area contributed by atoms with Gasteiger partial charge in [-0.2, -0.15) is 0 Å². The monoisotopic (exact) mass is 452 g/mol. The van der Waals surface area contributed by atoms with Crippen LogP contribution in [0.15, 0.2) is 70.6 Å². The van der Waals surface area contributed by atoms with Crippen molar-refractivity contribution in [1.29, 1.82) is 0 Å². The molecule has 1 aliphatic heterocycles. The van der Waals surface area contributed by atoms with Gasteiger partial charge in [0.25, 0.3) is 0 Å². The number of dihydropyridines is 1. The lowest BCUT2D eigenvalue weighted by Crippen LogP contribution is -2.31. The zero-order valence-electron chi connectivity index (χ0n) is 17.4. The first kappa shape index (κ1) is 21.3. The van der Waals surface area contributed by atoms with E-state index in [1.54, 1.807) is 29.8 Å². The number of fused-ring (bicyclic) bond motifs is 1. The van der Waals surface area contributed by atoms with Gasteiger partial charge in [0.15, 0.2) is 5.78 Å². The second kappa shape index (κ2) is 8.65. The average Bonchev–Trinajstić information content (AvgIpc) is 3.14. The van der Waals surface area contributed by atoms with Gasteiger partial charge in [-0.25, -0.2) is 4.79 Å². The number of pyridine rings is 1. The third-order valence-corrected chi connectivity index (χ3v) is 6.55. The normalized spacial score (nSPS) is 16.5. The third-order valence-electron chi connectivity index (χ3n) is 5.33. The number of ketones is 1. The van der Waals surface area contributed by atoms with Crippen LogP contribution in [0.1, 0.15) is 37.8 Å². The molecule has 2 aromatic heterocycles. The lowest BCUT2D eigenvalue weighted by Gasteiger charge is -2.30. The van der Waals surface area contributed by atoms with E-state index < -0.39 is 11.9 Å². The quantitative estimate of drug-likeness (QED) is 0.516. The predicted octanol–water partition coefficient (Wildman–Crippen LogP) is 5.52. The predicted molar refractivity (Wildman–Crippen MR) is 123 cm³/mol. The minimum absolute atomic E-state index is 0.0959. The first-order valence-corrected chi connectivity index (χ1v) is 11.0. The van der Waals surface area contributed by atoms with Crippen LogP contribution in [-0.4, -0.2) is 16.7 Å². The maximum absolute atomic E-state index is 13.3. The Morgan fingerprint density at radius 3 is 2.68 bits per heavy atom. The van der Waals surface area contributed by atoms with E-state index >= 15 is 0 Å². The summed E-state index contributed by atoms with van der Waals surface area (Å²) in [5, 5.41) is 6.72. The fourth-order valence-corrected chi connectivity index (χ4v) is 5.14. The van der Waals surface area contributed by atoms with Crippen LogP contribution in [0.4, 0.5) is 0 Å². The second-order valence-electron chi connectivity index (χ2n) is 7.46. The molecular formula is C24H21ClN2O3S. The number of allylic oxidation sites excluding steroid dienone is 3. The van der Waals surface area contributed by atoms with E-state index in [2.05, 4.69) is 10.3 Å². The summed E-state index contributed by atoms with van der Waals surface area (Å²) in [5.41, 5.74) is 4.06. The molecule has 1 aromatic carbocycles. The highest BCUT2D eigenvalue weighted by Crippen LogP contribution is 2.44. The fourth-order valence-electron chi connectivity index (χ4n) is 4.00. The van der Waals surface area contributed by atoms with E-state index in [0.717, 1.165) is 26.9 Å². The Morgan fingerprint density at radius 2 is 1.97 bits per heavy atom. The van der Waals surface area contributed by atoms with Crippen molar-refractivity contribution in [3.63, 3.8) is 0 Å². The summed E-state index contributed by atoms with van der Waals surface area (Å²) in [6.45, 7) is 5.31. The molecule has 1 N–H and O–H groups in total. The summed E-state index contributed by atoms with van der Waals surface area (Å²) in [6, 6.07) is 9.31. The van der Waals surface area contributed by atoms with Crippen LogP contribution in [0.5, 0.6) is 0 Å². The van der Waals surface area contributed by atoms with Gasteiger partial charge in [0, 0.05) is 50.6 Å². The zero-order valence-corrected chi connectivity index (χ0v) is 18.9. The smallest absolute Gasteiger partial charge is 0.337 e. The van der Waals surface area contributed by atoms with Crippen molar-refractivity contribution in [2.75, 3.05) is 0 Å². The highest BCUT2D eigenvalue weighted by Gasteiger charge is 2.37. The number of nitrogens with one attached hydrogen (secondary N) is 1. The van der Waals surface area contributed by atoms with Gasteiger partial charge >= 0.3 is 5.97 Å². The molecule has 0 fully saturated rings. The van der Waals surface area contributed by atoms with Crippen molar-refractivity contribution in [2.24, 2.45) is 0 Å². The molecule has 0 saturated heterocycles. The minimum atomic E-state index is -0.535. The van der Waals surface area contributed by atoms with Crippen LogP contribution in [0.25, 0.3) is 10.1 Å². The molecule has 158 valence electrons. The summed E-state index contributed by atoms with van der Waals surface area (Å²) >= 11 is 7.82. The number of hydrogen-bond donors (Lipinski definition) is 1. The minimum Gasteiger partial charge on any atom is -0.457 e. The molecule has 1 aliphatic rings. The van der Waals surface area contributed by atoms with Gasteiger partial charge in [0.1, 0.15) is 6.61 Å². The van der Waals surface area contributed by atoms with Gasteiger partial charge in [-0.1, -0.05) is 17.7 Å². The lowest BCUT2D eigenvalue weighted by molar-refractivity contribution is -0.140. The van der Waals surface area contributed by atoms with Crippen LogP contribution in [-0.2, 0) is 20.9 Å². The topological polar surface area (TPSA) is 68.3 Å². The first-order valence-electron chi connectivity index (χ1n) is 9.79. The molecule has 0 radical (unpaired) electrons. The van der Waals surface area contributed by atoms with Crippen molar-refractivity contribution in [3.8, 4) is 0 Å². The molecule has 0 aliphatic carbocycles. The molecule has 31 heavy (non-hydrogen) atoms. The molecular weight excluding hydrogens is 432 g/mol. The molecule has 5 nitrogen and oxygen atoms in total. The number of thiophene rings is 1. The number of ether oxygens (including phenoxy) is 1. The molecule has 1 atom stereocenters. The molecule has 0 spiro atoms. The summed E-state index contributed by atoms with van der Waals surface area (Å²) in [5.74, 6) is -1.10. The van der Waals surface area contributed by atoms with Crippen LogP contribution in [0.3, 0.4) is 0 Å². The van der Waals surface area contributed by atoms with Crippen LogP contribution >= 0.6 is 22.9 Å². The van der Waals surface area contributed by atoms with E-state index in [-0.39, 0.29) is 12.4 Å². The number of nitrogens with zero attached hydrogens (tertiary/aromatic N) is 1. The van der Waals surface area contributed by atoms with Crippen molar-refractivity contribution in [1.82, 2.24) is 10.3 Å². The van der Waals surface area contributed by atoms with Crippen molar-refractivity contribution in [3.05, 3.63) is 86.8 Å². The summed E-state index contributed by atoms with van der Waals surface area (Å²) in [4.78, 5) is 30.0. The van der Waals surface area contributed by atoms with E-state index in [0.29, 0.717) is 21.9 Å². The van der Waals surface area contributed by atoms with E-state index in [4.69, 9.17) is 16.3 Å². The standard InChI is InChI=1S/C24H21ClN2O3S/c1-13-21(15(3)28)23(19-12-31-20-7-6-17(25)9-18(19)20)22(14(2)27-13)24(29)30-11-16-5-4-8-26-10-16/h4-10,12,23,27H,11H2,1-3H3. The number of halogens is 1. The molecule has 0 saturated carbocycles. The fraction of sp³-hybridized carbons (Fsp3) is 0.208. The van der Waals surface area contributed by atoms with Gasteiger partial charge in [-0.3, -0.25) is 9.78 Å². The lowest BCUT2D eigenvalue weighted by atomic mass is 9.79. The average molecular weight is 453 g/mol. The maximum Gasteiger partial charge on any atom is 0.337 e. The van der Waals surface area contributed by atoms with Gasteiger partial charge in [0.2, 0.25) is 0 Å². The van der Waals surface area contributed by atoms with E-state index in [9.17, 15) is 9.59 Å². The van der Waals surface area contributed by atoms with Crippen LogP contribution in [0, 0.1) is 0 Å². The molecule has 3 aromatic rings. The van der Waals surface area contributed by atoms with Gasteiger partial charge in [-0.05, 0) is 61.4 Å². The van der Waals surface area contributed by atoms with Gasteiger partial charge < -0.3 is 10.1 Å². The number of hydrogen-bond acceptors (Lipinski definition) is 6. The Morgan fingerprint density at radius 1 is 1.19 bits per heavy atom. The molecule has 0 bridgehead atoms. The number of esters is 1. The first-order chi connectivity index (χ1) is 14.9. The Hall–Kier alpha value is -2.96. The SMILES string of the molecule is CC(=O)C1=C(C)NC(C)=C(C(=O)OCc2cccnc2)C1c1csc2ccc(Cl)cc12. The summed E-state index contributed by atoms with van der Waals surface area (Å²) < 4.78 is 6.67. The molecule has 1 unspecified atom stereocenters. The Balaban J connectivity index is 1.79. The Labute approximate surface area is 189 Å². The Kier molecular flexibility index (Phi) is 5.94. The van der Waals surface area contributed by atoms with Gasteiger partial charge in [-0.15, -0.1) is 11.3 Å². The number of aromatic nitrogens is 1. The van der Waals surface area contributed by atoms with Crippen LogP contribution in [0.2, 0.25) is 5.02 Å². The van der Waals surface area contributed by atoms with E-state index in [1.807, 2.05) is 43.5 Å². The van der Waals surface area contributed by atoms with E-state index in [1.165, 1.54) is 6.92 Å². The largest absolute Gasteiger partial charge is 0.457 e. The van der Waals surface area contributed by atoms with Crippen LogP contribution < -0.4 is 5.32 Å². The molecule has 3 heterocycles. The van der Waals surface area contributed by atoms with Crippen molar-refractivity contribution in [2.45, 2.75) is 33.3 Å². The molecule has 4 rings (SSSR count). The summed E-state index contributed by atoms with van der Waals surface area (Å²) in [6.07, 6.45) is 3.32. The number of Topliss-reactive ketones (excluding diaryl/α,β-unsaturated/α-hetero) is 1. The van der Waals surface area contributed by atoms with Crippen molar-refractivity contribution >= 4 is 44.8 Å². The maximum atomic E-state index is 13.3.